The molecule has 7 rings (SSSR count). The first-order valence-electron chi connectivity index (χ1n) is 18.4. The van der Waals surface area contributed by atoms with Gasteiger partial charge in [-0.3, -0.25) is 29.4 Å². The molecule has 0 bridgehead atoms. The number of likely N-dealkylation sites (tertiary alicyclic amines) is 1. The molecule has 3 fully saturated rings. The number of ether oxygens (including phenoxy) is 1. The smallest absolute Gasteiger partial charge is 0.258 e. The average molecular weight is 726 g/mol. The van der Waals surface area contributed by atoms with E-state index in [1.165, 1.54) is 35.9 Å². The summed E-state index contributed by atoms with van der Waals surface area (Å²) in [6, 6.07) is 14.7. The number of pyridine rings is 1. The molecule has 2 N–H and O–H groups in total. The van der Waals surface area contributed by atoms with Gasteiger partial charge in [0.25, 0.3) is 5.56 Å². The summed E-state index contributed by atoms with van der Waals surface area (Å²) in [6.45, 7) is 3.55. The van der Waals surface area contributed by atoms with Crippen LogP contribution in [0.2, 0.25) is 0 Å². The Kier molecular flexibility index (Phi) is 10.6. The van der Waals surface area contributed by atoms with E-state index in [9.17, 15) is 23.6 Å². The van der Waals surface area contributed by atoms with E-state index in [0.29, 0.717) is 59.0 Å². The third-order valence-corrected chi connectivity index (χ3v) is 11.2. The number of imide groups is 1. The number of methoxy groups -OCH3 is 1. The highest BCUT2D eigenvalue weighted by Crippen LogP contribution is 2.36. The summed E-state index contributed by atoms with van der Waals surface area (Å²) >= 11 is 0. The Bertz CT molecular complexity index is 2090. The first-order valence-corrected chi connectivity index (χ1v) is 18.4. The number of amides is 2. The van der Waals surface area contributed by atoms with Crippen molar-refractivity contribution in [1.29, 1.82) is 0 Å². The highest BCUT2D eigenvalue weighted by atomic mass is 19.1. The van der Waals surface area contributed by atoms with E-state index >= 15 is 4.39 Å². The fourth-order valence-electron chi connectivity index (χ4n) is 8.06. The van der Waals surface area contributed by atoms with Crippen molar-refractivity contribution in [3.05, 3.63) is 88.3 Å². The number of anilines is 2. The highest BCUT2D eigenvalue weighted by molar-refractivity contribution is 6.01. The number of aromatic nitrogens is 1. The van der Waals surface area contributed by atoms with Crippen molar-refractivity contribution in [1.82, 2.24) is 14.8 Å². The molecule has 3 aliphatic heterocycles. The van der Waals surface area contributed by atoms with Crippen LogP contribution in [0.15, 0.2) is 65.6 Å². The molecule has 0 spiro atoms. The van der Waals surface area contributed by atoms with Gasteiger partial charge < -0.3 is 19.5 Å². The van der Waals surface area contributed by atoms with Gasteiger partial charge in [0.05, 0.1) is 13.7 Å². The predicted octanol–water partition coefficient (Wildman–Crippen LogP) is 5.45. The van der Waals surface area contributed by atoms with Gasteiger partial charge in [-0.05, 0) is 123 Å². The van der Waals surface area contributed by atoms with Gasteiger partial charge in [0.1, 0.15) is 29.2 Å². The van der Waals surface area contributed by atoms with Gasteiger partial charge in [0.2, 0.25) is 11.8 Å². The molecule has 1 atom stereocenters. The number of halogens is 2. The van der Waals surface area contributed by atoms with Crippen LogP contribution in [0, 0.1) is 23.5 Å². The number of carbonyl (C=O) groups excluding carboxylic acids is 3. The van der Waals surface area contributed by atoms with E-state index in [-0.39, 0.29) is 35.0 Å². The van der Waals surface area contributed by atoms with Crippen molar-refractivity contribution < 1.29 is 27.9 Å². The molecule has 10 nitrogen and oxygen atoms in total. The van der Waals surface area contributed by atoms with Crippen LogP contribution >= 0.6 is 0 Å². The third-order valence-electron chi connectivity index (χ3n) is 11.2. The number of Topliss-reactive ketones (excluding diaryl/α,β-unsaturated/α-hetero) is 1. The Morgan fingerprint density at radius 1 is 0.906 bits per heavy atom. The quantitative estimate of drug-likeness (QED) is 0.208. The SMILES string of the molecule is COc1cc(-c2cn(C)c(=O)c3ccc(F)cc23)cc(F)c1CC1CCN(CC(=O)C2CCN(c3ccc(NC4CCC(=O)NC4=O)cc3)CC2)CC1. The zero-order chi connectivity index (χ0) is 37.2. The van der Waals surface area contributed by atoms with Crippen molar-refractivity contribution >= 4 is 39.7 Å². The number of aryl methyl sites for hydroxylation is 1. The van der Waals surface area contributed by atoms with Crippen LogP contribution in [-0.4, -0.2) is 72.9 Å². The Labute approximate surface area is 307 Å². The van der Waals surface area contributed by atoms with Crippen molar-refractivity contribution in [2.45, 2.75) is 51.0 Å². The highest BCUT2D eigenvalue weighted by Gasteiger charge is 2.30. The second kappa shape index (κ2) is 15.5. The molecule has 12 heteroatoms. The maximum Gasteiger partial charge on any atom is 0.258 e. The van der Waals surface area contributed by atoms with E-state index in [2.05, 4.69) is 20.4 Å². The lowest BCUT2D eigenvalue weighted by molar-refractivity contribution is -0.133. The average Bonchev–Trinajstić information content (AvgIpc) is 3.16. The minimum absolute atomic E-state index is 0.0231. The van der Waals surface area contributed by atoms with Crippen LogP contribution in [0.3, 0.4) is 0 Å². The normalized spacial score (nSPS) is 19.0. The molecule has 4 heterocycles. The van der Waals surface area contributed by atoms with Crippen LogP contribution in [0.5, 0.6) is 5.75 Å². The number of rotatable bonds is 10. The Morgan fingerprint density at radius 2 is 1.64 bits per heavy atom. The molecule has 3 aliphatic rings. The van der Waals surface area contributed by atoms with Crippen LogP contribution in [0.1, 0.15) is 44.1 Å². The number of nitrogens with one attached hydrogen (secondary N) is 2. The fraction of sp³-hybridized carbons (Fsp3) is 0.415. The van der Waals surface area contributed by atoms with E-state index in [1.54, 1.807) is 19.3 Å². The van der Waals surface area contributed by atoms with Crippen LogP contribution < -0.4 is 25.8 Å². The number of ketones is 1. The first kappa shape index (κ1) is 36.3. The van der Waals surface area contributed by atoms with E-state index in [4.69, 9.17) is 4.74 Å². The number of hydrogen-bond donors (Lipinski definition) is 2. The number of piperidine rings is 3. The van der Waals surface area contributed by atoms with Crippen molar-refractivity contribution in [2.75, 3.05) is 50.1 Å². The lowest BCUT2D eigenvalue weighted by Gasteiger charge is -2.35. The van der Waals surface area contributed by atoms with Gasteiger partial charge in [0, 0.05) is 66.6 Å². The summed E-state index contributed by atoms with van der Waals surface area (Å²) in [5.41, 5.74) is 3.19. The minimum Gasteiger partial charge on any atom is -0.496 e. The molecule has 1 aromatic heterocycles. The van der Waals surface area contributed by atoms with E-state index in [0.717, 1.165) is 63.2 Å². The molecule has 53 heavy (non-hydrogen) atoms. The molecule has 278 valence electrons. The maximum atomic E-state index is 15.8. The topological polar surface area (TPSA) is 113 Å². The van der Waals surface area contributed by atoms with Gasteiger partial charge in [-0.2, -0.15) is 0 Å². The zero-order valence-corrected chi connectivity index (χ0v) is 30.1. The number of nitrogens with zero attached hydrogens (tertiary/aromatic N) is 3. The molecule has 2 amide bonds. The molecule has 0 saturated carbocycles. The number of benzene rings is 3. The molecule has 3 aromatic carbocycles. The third kappa shape index (κ3) is 7.97. The molecule has 3 saturated heterocycles. The molecule has 4 aromatic rings. The zero-order valence-electron chi connectivity index (χ0n) is 30.1. The summed E-state index contributed by atoms with van der Waals surface area (Å²) < 4.78 is 37.1. The largest absolute Gasteiger partial charge is 0.496 e. The van der Waals surface area contributed by atoms with Crippen molar-refractivity contribution in [2.24, 2.45) is 18.9 Å². The molecular weight excluding hydrogens is 680 g/mol. The maximum absolute atomic E-state index is 15.8. The van der Waals surface area contributed by atoms with Crippen LogP contribution in [0.4, 0.5) is 20.2 Å². The molecular formula is C41H45F2N5O5. The molecule has 0 aliphatic carbocycles. The standard InChI is InChI=1S/C41H45F2N5O5/c1-46-23-34(32-22-28(42)3-8-31(32)41(46)52)27-20-35(43)33(38(21-27)53-2)19-25-11-15-47(16-12-25)24-37(49)26-13-17-48(18-14-26)30-6-4-29(5-7-30)44-36-9-10-39(50)45-40(36)51/h3-8,20-23,25-26,36,44H,9-19,24H2,1-2H3,(H,45,50,51). The van der Waals surface area contributed by atoms with Crippen LogP contribution in [-0.2, 0) is 27.9 Å². The first-order chi connectivity index (χ1) is 25.6. The van der Waals surface area contributed by atoms with Gasteiger partial charge in [-0.25, -0.2) is 8.78 Å². The monoisotopic (exact) mass is 725 g/mol. The Balaban J connectivity index is 0.900. The lowest BCUT2D eigenvalue weighted by atomic mass is 9.87. The van der Waals surface area contributed by atoms with Crippen molar-refractivity contribution in [3.8, 4) is 16.9 Å². The number of hydrogen-bond acceptors (Lipinski definition) is 8. The van der Waals surface area contributed by atoms with E-state index in [1.807, 2.05) is 24.3 Å². The Morgan fingerprint density at radius 3 is 2.34 bits per heavy atom. The summed E-state index contributed by atoms with van der Waals surface area (Å²) in [7, 11) is 3.13. The minimum atomic E-state index is -0.475. The summed E-state index contributed by atoms with van der Waals surface area (Å²) in [5, 5.41) is 6.36. The van der Waals surface area contributed by atoms with Gasteiger partial charge in [0.15, 0.2) is 0 Å². The van der Waals surface area contributed by atoms with Crippen LogP contribution in [0.25, 0.3) is 21.9 Å². The predicted molar refractivity (Wildman–Crippen MR) is 200 cm³/mol. The summed E-state index contributed by atoms with van der Waals surface area (Å²) in [6.07, 6.45) is 6.18. The summed E-state index contributed by atoms with van der Waals surface area (Å²) in [5.74, 6) is -0.455. The van der Waals surface area contributed by atoms with E-state index < -0.39 is 17.7 Å². The number of carbonyl (C=O) groups is 3. The van der Waals surface area contributed by atoms with Crippen molar-refractivity contribution in [3.63, 3.8) is 0 Å². The second-order valence-corrected chi connectivity index (χ2v) is 14.6. The second-order valence-electron chi connectivity index (χ2n) is 14.6. The number of fused-ring (bicyclic) bond motifs is 1. The van der Waals surface area contributed by atoms with Gasteiger partial charge in [-0.1, -0.05) is 0 Å². The summed E-state index contributed by atoms with van der Waals surface area (Å²) in [4.78, 5) is 54.0. The molecule has 0 radical (unpaired) electrons. The lowest BCUT2D eigenvalue weighted by Crippen LogP contribution is -2.47. The van der Waals surface area contributed by atoms with Gasteiger partial charge >= 0.3 is 0 Å². The fourth-order valence-corrected chi connectivity index (χ4v) is 8.06. The Hall–Kier alpha value is -5.10. The molecule has 1 unspecified atom stereocenters. The van der Waals surface area contributed by atoms with Gasteiger partial charge in [-0.15, -0.1) is 0 Å².